The van der Waals surface area contributed by atoms with Gasteiger partial charge in [0.25, 0.3) is 0 Å². The minimum atomic E-state index is 0.411. The molecule has 1 aromatic carbocycles. The van der Waals surface area contributed by atoms with Gasteiger partial charge in [-0.2, -0.15) is 0 Å². The van der Waals surface area contributed by atoms with Gasteiger partial charge in [0.2, 0.25) is 0 Å². The average Bonchev–Trinajstić information content (AvgIpc) is 2.62. The molecule has 104 valence electrons. The summed E-state index contributed by atoms with van der Waals surface area (Å²) in [5, 5.41) is 3.60. The Kier molecular flexibility index (Phi) is 3.60. The zero-order valence-electron chi connectivity index (χ0n) is 11.0. The third-order valence-corrected chi connectivity index (χ3v) is 3.02. The van der Waals surface area contributed by atoms with Gasteiger partial charge in [0.15, 0.2) is 11.5 Å². The van der Waals surface area contributed by atoms with Crippen molar-refractivity contribution in [3.63, 3.8) is 0 Å². The summed E-state index contributed by atoms with van der Waals surface area (Å²) in [4.78, 5) is 8.31. The Morgan fingerprint density at radius 2 is 1.90 bits per heavy atom. The number of rotatable bonds is 2. The van der Waals surface area contributed by atoms with Gasteiger partial charge in [-0.15, -0.1) is 0 Å². The SMILES string of the molecule is Cc1nc(Cl)cc(Nc2ccc3c(c2)OCCCO3)n1. The molecule has 0 bridgehead atoms. The highest BCUT2D eigenvalue weighted by atomic mass is 35.5. The van der Waals surface area contributed by atoms with E-state index in [1.54, 1.807) is 13.0 Å². The first-order valence-electron chi connectivity index (χ1n) is 6.38. The first-order chi connectivity index (χ1) is 9.70. The molecular formula is C14H14ClN3O2. The highest BCUT2D eigenvalue weighted by Crippen LogP contribution is 2.33. The minimum absolute atomic E-state index is 0.411. The van der Waals surface area contributed by atoms with Crippen LogP contribution in [-0.4, -0.2) is 23.2 Å². The molecule has 20 heavy (non-hydrogen) atoms. The molecule has 1 aliphatic rings. The molecule has 0 amide bonds. The zero-order chi connectivity index (χ0) is 13.9. The number of aromatic nitrogens is 2. The van der Waals surface area contributed by atoms with E-state index < -0.39 is 0 Å². The molecule has 0 spiro atoms. The number of anilines is 2. The monoisotopic (exact) mass is 291 g/mol. The largest absolute Gasteiger partial charge is 0.490 e. The van der Waals surface area contributed by atoms with E-state index in [0.29, 0.717) is 30.0 Å². The normalized spacial score (nSPS) is 13.7. The van der Waals surface area contributed by atoms with Gasteiger partial charge in [-0.25, -0.2) is 9.97 Å². The fraction of sp³-hybridized carbons (Fsp3) is 0.286. The number of hydrogen-bond acceptors (Lipinski definition) is 5. The molecule has 0 fully saturated rings. The van der Waals surface area contributed by atoms with Crippen LogP contribution >= 0.6 is 11.6 Å². The lowest BCUT2D eigenvalue weighted by atomic mass is 10.2. The highest BCUT2D eigenvalue weighted by Gasteiger charge is 2.11. The Bertz CT molecular complexity index is 614. The first kappa shape index (κ1) is 13.0. The minimum Gasteiger partial charge on any atom is -0.490 e. The summed E-state index contributed by atoms with van der Waals surface area (Å²) in [6.07, 6.45) is 0.887. The van der Waals surface area contributed by atoms with Crippen LogP contribution in [-0.2, 0) is 0 Å². The number of benzene rings is 1. The number of aryl methyl sites for hydroxylation is 1. The molecule has 1 N–H and O–H groups in total. The lowest BCUT2D eigenvalue weighted by Gasteiger charge is -2.11. The summed E-state index contributed by atoms with van der Waals surface area (Å²) in [6, 6.07) is 7.38. The molecule has 1 aliphatic heterocycles. The third kappa shape index (κ3) is 2.93. The van der Waals surface area contributed by atoms with E-state index in [2.05, 4.69) is 15.3 Å². The quantitative estimate of drug-likeness (QED) is 0.860. The van der Waals surface area contributed by atoms with Gasteiger partial charge in [0, 0.05) is 24.2 Å². The van der Waals surface area contributed by atoms with Gasteiger partial charge in [-0.1, -0.05) is 11.6 Å². The molecule has 0 unspecified atom stereocenters. The molecule has 0 atom stereocenters. The Labute approximate surface area is 121 Å². The third-order valence-electron chi connectivity index (χ3n) is 2.83. The van der Waals surface area contributed by atoms with E-state index in [-0.39, 0.29) is 0 Å². The van der Waals surface area contributed by atoms with Crippen molar-refractivity contribution in [3.8, 4) is 11.5 Å². The number of hydrogen-bond donors (Lipinski definition) is 1. The molecule has 0 saturated heterocycles. The molecule has 6 heteroatoms. The summed E-state index contributed by atoms with van der Waals surface area (Å²) in [5.74, 6) is 2.78. The number of nitrogens with zero attached hydrogens (tertiary/aromatic N) is 2. The van der Waals surface area contributed by atoms with Crippen LogP contribution in [0.15, 0.2) is 24.3 Å². The highest BCUT2D eigenvalue weighted by molar-refractivity contribution is 6.29. The summed E-state index contributed by atoms with van der Waals surface area (Å²) >= 11 is 5.92. The second-order valence-corrected chi connectivity index (χ2v) is 4.85. The maximum atomic E-state index is 5.92. The smallest absolute Gasteiger partial charge is 0.163 e. The van der Waals surface area contributed by atoms with E-state index in [1.165, 1.54) is 0 Å². The van der Waals surface area contributed by atoms with Crippen LogP contribution in [0.2, 0.25) is 5.15 Å². The Balaban J connectivity index is 1.85. The summed E-state index contributed by atoms with van der Waals surface area (Å²) in [7, 11) is 0. The van der Waals surface area contributed by atoms with Crippen molar-refractivity contribution >= 4 is 23.1 Å². The van der Waals surface area contributed by atoms with Crippen molar-refractivity contribution in [2.24, 2.45) is 0 Å². The lowest BCUT2D eigenvalue weighted by Crippen LogP contribution is -1.98. The van der Waals surface area contributed by atoms with Crippen molar-refractivity contribution in [2.45, 2.75) is 13.3 Å². The Morgan fingerprint density at radius 3 is 2.70 bits per heavy atom. The fourth-order valence-corrected chi connectivity index (χ4v) is 2.21. The van der Waals surface area contributed by atoms with Gasteiger partial charge >= 0.3 is 0 Å². The van der Waals surface area contributed by atoms with Gasteiger partial charge < -0.3 is 14.8 Å². The van der Waals surface area contributed by atoms with Crippen LogP contribution in [0.3, 0.4) is 0 Å². The Hall–Kier alpha value is -2.01. The fourth-order valence-electron chi connectivity index (χ4n) is 1.98. The molecule has 3 rings (SSSR count). The van der Waals surface area contributed by atoms with Crippen molar-refractivity contribution < 1.29 is 9.47 Å². The molecule has 5 nitrogen and oxygen atoms in total. The Morgan fingerprint density at radius 1 is 1.10 bits per heavy atom. The molecule has 1 aromatic heterocycles. The van der Waals surface area contributed by atoms with E-state index in [1.807, 2.05) is 18.2 Å². The van der Waals surface area contributed by atoms with E-state index in [0.717, 1.165) is 23.6 Å². The van der Waals surface area contributed by atoms with E-state index in [4.69, 9.17) is 21.1 Å². The maximum absolute atomic E-state index is 5.92. The zero-order valence-corrected chi connectivity index (χ0v) is 11.8. The van der Waals surface area contributed by atoms with Gasteiger partial charge in [-0.05, 0) is 19.1 Å². The van der Waals surface area contributed by atoms with Crippen molar-refractivity contribution in [1.82, 2.24) is 9.97 Å². The van der Waals surface area contributed by atoms with E-state index >= 15 is 0 Å². The molecular weight excluding hydrogens is 278 g/mol. The second kappa shape index (κ2) is 5.54. The van der Waals surface area contributed by atoms with Crippen LogP contribution in [0.4, 0.5) is 11.5 Å². The average molecular weight is 292 g/mol. The van der Waals surface area contributed by atoms with Gasteiger partial charge in [0.1, 0.15) is 16.8 Å². The summed E-state index contributed by atoms with van der Waals surface area (Å²) < 4.78 is 11.2. The van der Waals surface area contributed by atoms with Crippen molar-refractivity contribution in [2.75, 3.05) is 18.5 Å². The van der Waals surface area contributed by atoms with Gasteiger partial charge in [-0.3, -0.25) is 0 Å². The second-order valence-electron chi connectivity index (χ2n) is 4.46. The standard InChI is InChI=1S/C14H14ClN3O2/c1-9-16-13(15)8-14(17-9)18-10-3-4-11-12(7-10)20-6-2-5-19-11/h3-4,7-8H,2,5-6H2,1H3,(H,16,17,18). The molecule has 2 heterocycles. The van der Waals surface area contributed by atoms with Crippen LogP contribution in [0.25, 0.3) is 0 Å². The van der Waals surface area contributed by atoms with E-state index in [9.17, 15) is 0 Å². The number of ether oxygens (including phenoxy) is 2. The number of fused-ring (bicyclic) bond motifs is 1. The topological polar surface area (TPSA) is 56.3 Å². The summed E-state index contributed by atoms with van der Waals surface area (Å²) in [6.45, 7) is 3.14. The predicted molar refractivity (Wildman–Crippen MR) is 77.1 cm³/mol. The maximum Gasteiger partial charge on any atom is 0.163 e. The van der Waals surface area contributed by atoms with Crippen molar-refractivity contribution in [3.05, 3.63) is 35.2 Å². The summed E-state index contributed by atoms with van der Waals surface area (Å²) in [5.41, 5.74) is 0.864. The lowest BCUT2D eigenvalue weighted by molar-refractivity contribution is 0.297. The molecule has 0 radical (unpaired) electrons. The van der Waals surface area contributed by atoms with Crippen molar-refractivity contribution in [1.29, 1.82) is 0 Å². The van der Waals surface area contributed by atoms with Crippen LogP contribution in [0.1, 0.15) is 12.2 Å². The predicted octanol–water partition coefficient (Wildman–Crippen LogP) is 3.34. The van der Waals surface area contributed by atoms with Crippen LogP contribution in [0.5, 0.6) is 11.5 Å². The van der Waals surface area contributed by atoms with Gasteiger partial charge in [0.05, 0.1) is 13.2 Å². The molecule has 2 aromatic rings. The first-order valence-corrected chi connectivity index (χ1v) is 6.76. The van der Waals surface area contributed by atoms with Crippen LogP contribution < -0.4 is 14.8 Å². The number of halogens is 1. The number of nitrogens with one attached hydrogen (secondary N) is 1. The molecule has 0 aliphatic carbocycles. The molecule has 0 saturated carbocycles. The van der Waals surface area contributed by atoms with Crippen LogP contribution in [0, 0.1) is 6.92 Å².